The first kappa shape index (κ1) is 23.2. The van der Waals surface area contributed by atoms with Crippen molar-refractivity contribution >= 4 is 27.0 Å². The third-order valence-electron chi connectivity index (χ3n) is 6.28. The zero-order chi connectivity index (χ0) is 24.1. The van der Waals surface area contributed by atoms with Gasteiger partial charge in [0.1, 0.15) is 11.3 Å². The number of carboxylic acid groups (broad SMARTS) is 1. The number of hydrogen-bond acceptors (Lipinski definition) is 5. The summed E-state index contributed by atoms with van der Waals surface area (Å²) < 4.78 is 44.0. The summed E-state index contributed by atoms with van der Waals surface area (Å²) in [6.45, 7) is 6.48. The molecule has 1 N–H and O–H groups in total. The minimum Gasteiger partial charge on any atom is -0.465 e. The zero-order valence-electron chi connectivity index (χ0n) is 19.0. The van der Waals surface area contributed by atoms with Crippen LogP contribution in [0.25, 0.3) is 22.2 Å². The Balaban J connectivity index is 1.65. The fourth-order valence-electron chi connectivity index (χ4n) is 4.49. The highest BCUT2D eigenvalue weighted by Gasteiger charge is 2.40. The minimum absolute atomic E-state index is 0.0218. The molecule has 0 spiro atoms. The molecule has 0 aliphatic carbocycles. The summed E-state index contributed by atoms with van der Waals surface area (Å²) in [5.41, 5.74) is 1.74. The lowest BCUT2D eigenvalue weighted by atomic mass is 9.77. The molecule has 1 fully saturated rings. The van der Waals surface area contributed by atoms with E-state index in [0.717, 1.165) is 12.3 Å². The average molecular weight is 475 g/mol. The Labute approximate surface area is 192 Å². The second kappa shape index (κ2) is 8.13. The van der Waals surface area contributed by atoms with Gasteiger partial charge in [0.2, 0.25) is 0 Å². The van der Waals surface area contributed by atoms with E-state index in [1.165, 1.54) is 17.0 Å². The number of fused-ring (bicyclic) bond motifs is 1. The normalized spacial score (nSPS) is 19.7. The van der Waals surface area contributed by atoms with Crippen LogP contribution in [0.15, 0.2) is 45.7 Å². The van der Waals surface area contributed by atoms with Crippen LogP contribution in [0.1, 0.15) is 45.4 Å². The molecule has 1 amide bonds. The van der Waals surface area contributed by atoms with Gasteiger partial charge < -0.3 is 14.4 Å². The van der Waals surface area contributed by atoms with E-state index < -0.39 is 21.7 Å². The van der Waals surface area contributed by atoms with Crippen LogP contribution < -0.4 is 0 Å². The predicted molar refractivity (Wildman–Crippen MR) is 122 cm³/mol. The SMILES string of the molecule is CC(C)(C)C1CC(c2nc3cc(-c4ccc(S(C)(=O)=O)cc4F)ccc3o2)CCN1C(=O)O. The summed E-state index contributed by atoms with van der Waals surface area (Å²) in [5.74, 6) is -0.101. The Bertz CT molecular complexity index is 1330. The molecule has 2 heterocycles. The van der Waals surface area contributed by atoms with E-state index in [0.29, 0.717) is 41.9 Å². The molecule has 1 saturated heterocycles. The van der Waals surface area contributed by atoms with E-state index in [-0.39, 0.29) is 27.8 Å². The van der Waals surface area contributed by atoms with Crippen LogP contribution in [0, 0.1) is 11.2 Å². The molecule has 33 heavy (non-hydrogen) atoms. The predicted octanol–water partition coefficient (Wildman–Crippen LogP) is 5.31. The largest absolute Gasteiger partial charge is 0.465 e. The summed E-state index contributed by atoms with van der Waals surface area (Å²) in [7, 11) is -3.50. The number of halogens is 1. The summed E-state index contributed by atoms with van der Waals surface area (Å²) >= 11 is 0. The molecule has 4 rings (SSSR count). The van der Waals surface area contributed by atoms with Crippen molar-refractivity contribution in [1.82, 2.24) is 9.88 Å². The maximum Gasteiger partial charge on any atom is 0.407 e. The van der Waals surface area contributed by atoms with E-state index in [4.69, 9.17) is 4.42 Å². The quantitative estimate of drug-likeness (QED) is 0.552. The van der Waals surface area contributed by atoms with E-state index in [1.807, 2.05) is 20.8 Å². The van der Waals surface area contributed by atoms with Crippen molar-refractivity contribution in [1.29, 1.82) is 0 Å². The second-order valence-corrected chi connectivity index (χ2v) is 11.7. The smallest absolute Gasteiger partial charge is 0.407 e. The fraction of sp³-hybridized carbons (Fsp3) is 0.417. The number of nitrogens with zero attached hydrogens (tertiary/aromatic N) is 2. The van der Waals surface area contributed by atoms with E-state index >= 15 is 0 Å². The van der Waals surface area contributed by atoms with Crippen molar-refractivity contribution in [3.63, 3.8) is 0 Å². The zero-order valence-corrected chi connectivity index (χ0v) is 19.8. The Morgan fingerprint density at radius 2 is 1.94 bits per heavy atom. The van der Waals surface area contributed by atoms with Gasteiger partial charge in [-0.2, -0.15) is 0 Å². The Kier molecular flexibility index (Phi) is 5.72. The van der Waals surface area contributed by atoms with Crippen molar-refractivity contribution in [2.24, 2.45) is 5.41 Å². The van der Waals surface area contributed by atoms with Crippen molar-refractivity contribution in [2.75, 3.05) is 12.8 Å². The lowest BCUT2D eigenvalue weighted by molar-refractivity contribution is 0.0494. The van der Waals surface area contributed by atoms with E-state index in [2.05, 4.69) is 4.98 Å². The lowest BCUT2D eigenvalue weighted by Gasteiger charge is -2.43. The van der Waals surface area contributed by atoms with Crippen LogP contribution in [0.3, 0.4) is 0 Å². The summed E-state index contributed by atoms with van der Waals surface area (Å²) in [5, 5.41) is 9.59. The Hall–Kier alpha value is -2.94. The molecule has 176 valence electrons. The van der Waals surface area contributed by atoms with Gasteiger partial charge in [-0.1, -0.05) is 32.9 Å². The molecule has 0 radical (unpaired) electrons. The molecule has 7 nitrogen and oxygen atoms in total. The van der Waals surface area contributed by atoms with Gasteiger partial charge in [0.05, 0.1) is 4.90 Å². The summed E-state index contributed by atoms with van der Waals surface area (Å²) in [6, 6.07) is 8.83. The van der Waals surface area contributed by atoms with E-state index in [1.54, 1.807) is 18.2 Å². The van der Waals surface area contributed by atoms with Gasteiger partial charge in [0, 0.05) is 30.3 Å². The maximum absolute atomic E-state index is 14.7. The minimum atomic E-state index is -3.50. The number of amides is 1. The second-order valence-electron chi connectivity index (χ2n) is 9.73. The van der Waals surface area contributed by atoms with Crippen LogP contribution >= 0.6 is 0 Å². The van der Waals surface area contributed by atoms with Crippen LogP contribution in [-0.2, 0) is 9.84 Å². The first-order valence-corrected chi connectivity index (χ1v) is 12.6. The first-order valence-electron chi connectivity index (χ1n) is 10.7. The molecule has 1 aromatic heterocycles. The maximum atomic E-state index is 14.7. The standard InChI is InChI=1S/C24H27FN2O5S/c1-24(2,3)21-12-15(9-10-27(21)23(28)29)22-26-19-11-14(5-8-20(19)32-22)17-7-6-16(13-18(17)25)33(4,30)31/h5-8,11,13,15,21H,9-10,12H2,1-4H3,(H,28,29). The number of hydrogen-bond donors (Lipinski definition) is 1. The van der Waals surface area contributed by atoms with Gasteiger partial charge in [0.15, 0.2) is 21.3 Å². The molecule has 3 aromatic rings. The molecule has 2 aromatic carbocycles. The molecule has 9 heteroatoms. The van der Waals surface area contributed by atoms with Gasteiger partial charge in [-0.25, -0.2) is 22.6 Å². The third kappa shape index (κ3) is 4.59. The number of rotatable bonds is 3. The lowest BCUT2D eigenvalue weighted by Crippen LogP contribution is -2.51. The van der Waals surface area contributed by atoms with Crippen LogP contribution in [0.5, 0.6) is 0 Å². The summed E-state index contributed by atoms with van der Waals surface area (Å²) in [6.07, 6.45) is 1.34. The van der Waals surface area contributed by atoms with Gasteiger partial charge in [-0.15, -0.1) is 0 Å². The Morgan fingerprint density at radius 1 is 1.21 bits per heavy atom. The number of piperidine rings is 1. The number of benzene rings is 2. The molecular formula is C24H27FN2O5S. The van der Waals surface area contributed by atoms with Crippen LogP contribution in [-0.4, -0.2) is 48.3 Å². The van der Waals surface area contributed by atoms with Gasteiger partial charge in [-0.3, -0.25) is 0 Å². The van der Waals surface area contributed by atoms with Crippen molar-refractivity contribution < 1.29 is 27.1 Å². The van der Waals surface area contributed by atoms with Gasteiger partial charge in [-0.05, 0) is 48.1 Å². The van der Waals surface area contributed by atoms with Gasteiger partial charge >= 0.3 is 6.09 Å². The number of aromatic nitrogens is 1. The molecule has 0 bridgehead atoms. The monoisotopic (exact) mass is 474 g/mol. The van der Waals surface area contributed by atoms with Crippen molar-refractivity contribution in [3.8, 4) is 11.1 Å². The molecule has 0 saturated carbocycles. The highest BCUT2D eigenvalue weighted by Crippen LogP contribution is 2.40. The van der Waals surface area contributed by atoms with Crippen LogP contribution in [0.4, 0.5) is 9.18 Å². The number of sulfone groups is 1. The molecule has 2 unspecified atom stereocenters. The summed E-state index contributed by atoms with van der Waals surface area (Å²) in [4.78, 5) is 17.8. The van der Waals surface area contributed by atoms with Gasteiger partial charge in [0.25, 0.3) is 0 Å². The average Bonchev–Trinajstić information content (AvgIpc) is 3.15. The molecule has 1 aliphatic rings. The van der Waals surface area contributed by atoms with Crippen molar-refractivity contribution in [2.45, 2.75) is 50.5 Å². The number of oxazole rings is 1. The number of carbonyl (C=O) groups is 1. The third-order valence-corrected chi connectivity index (χ3v) is 7.39. The Morgan fingerprint density at radius 3 is 2.55 bits per heavy atom. The highest BCUT2D eigenvalue weighted by molar-refractivity contribution is 7.90. The molecule has 2 atom stereocenters. The topological polar surface area (TPSA) is 101 Å². The number of likely N-dealkylation sites (tertiary alicyclic amines) is 1. The first-order chi connectivity index (χ1) is 15.3. The molecule has 1 aliphatic heterocycles. The highest BCUT2D eigenvalue weighted by atomic mass is 32.2. The van der Waals surface area contributed by atoms with E-state index in [9.17, 15) is 22.7 Å². The molecular weight excluding hydrogens is 447 g/mol. The van der Waals surface area contributed by atoms with Crippen molar-refractivity contribution in [3.05, 3.63) is 48.1 Å². The van der Waals surface area contributed by atoms with Crippen LogP contribution in [0.2, 0.25) is 0 Å². The fourth-order valence-corrected chi connectivity index (χ4v) is 5.12.